The number of carbonyl (C=O) groups excluding carboxylic acids is 1. The van der Waals surface area contributed by atoms with Crippen LogP contribution >= 0.6 is 11.6 Å². The number of carbonyl (C=O) groups is 2. The van der Waals surface area contributed by atoms with Gasteiger partial charge < -0.3 is 69.5 Å². The molecule has 3 heterocycles. The van der Waals surface area contributed by atoms with E-state index in [9.17, 15) is 45.3 Å². The van der Waals surface area contributed by atoms with Crippen molar-refractivity contribution in [3.05, 3.63) is 34.9 Å². The van der Waals surface area contributed by atoms with E-state index in [-0.39, 0.29) is 31.9 Å². The van der Waals surface area contributed by atoms with Crippen molar-refractivity contribution in [2.45, 2.75) is 138 Å². The smallest absolute Gasteiger partial charge is 0.332 e. The van der Waals surface area contributed by atoms with Gasteiger partial charge in [0.15, 0.2) is 18.7 Å². The molecule has 4 aliphatic rings. The van der Waals surface area contributed by atoms with Gasteiger partial charge in [0, 0.05) is 23.7 Å². The van der Waals surface area contributed by atoms with Crippen LogP contribution in [0.15, 0.2) is 24.3 Å². The summed E-state index contributed by atoms with van der Waals surface area (Å²) in [6.07, 6.45) is -14.3. The summed E-state index contributed by atoms with van der Waals surface area (Å²) >= 11 is 5.95. The third kappa shape index (κ3) is 9.94. The third-order valence-corrected chi connectivity index (χ3v) is 10.4. The molecule has 288 valence electrons. The lowest BCUT2D eigenvalue weighted by molar-refractivity contribution is -0.355. The monoisotopic (exact) mass is 747 g/mol. The third-order valence-electron chi connectivity index (χ3n) is 10.1. The highest BCUT2D eigenvalue weighted by molar-refractivity contribution is 6.30. The molecule has 1 saturated carbocycles. The number of ether oxygens (including phenoxy) is 6. The van der Waals surface area contributed by atoms with Crippen LogP contribution in [0.5, 0.6) is 0 Å². The normalized spacial score (nSPS) is 38.5. The molecule has 1 aromatic rings. The van der Waals surface area contributed by atoms with E-state index in [4.69, 9.17) is 40.0 Å². The minimum absolute atomic E-state index is 0.0785. The van der Waals surface area contributed by atoms with E-state index < -0.39 is 104 Å². The van der Waals surface area contributed by atoms with Crippen molar-refractivity contribution in [1.29, 1.82) is 0 Å². The van der Waals surface area contributed by atoms with E-state index in [0.717, 1.165) is 32.1 Å². The first-order valence-electron chi connectivity index (χ1n) is 17.5. The van der Waals surface area contributed by atoms with E-state index in [0.29, 0.717) is 10.6 Å². The van der Waals surface area contributed by atoms with E-state index in [1.807, 2.05) is 0 Å². The molecule has 0 radical (unpaired) electrons. The molecule has 16 nitrogen and oxygen atoms in total. The zero-order chi connectivity index (χ0) is 36.8. The van der Waals surface area contributed by atoms with Crippen LogP contribution in [0.25, 0.3) is 0 Å². The number of aliphatic hydroxyl groups excluding tert-OH is 6. The number of nitrogens with one attached hydrogen (secondary N) is 1. The van der Waals surface area contributed by atoms with Gasteiger partial charge in [0.1, 0.15) is 54.9 Å². The number of hydrogen-bond acceptors (Lipinski definition) is 14. The lowest BCUT2D eigenvalue weighted by Crippen LogP contribution is -2.64. The van der Waals surface area contributed by atoms with Gasteiger partial charge in [0.05, 0.1) is 18.8 Å². The van der Waals surface area contributed by atoms with Crippen molar-refractivity contribution < 1.29 is 73.8 Å². The summed E-state index contributed by atoms with van der Waals surface area (Å²) in [5, 5.41) is 77.1. The fraction of sp³-hybridized carbons (Fsp3) is 0.765. The molecule has 1 aliphatic carbocycles. The van der Waals surface area contributed by atoms with Crippen molar-refractivity contribution >= 4 is 23.5 Å². The maximum atomic E-state index is 12.9. The molecule has 1 aromatic carbocycles. The molecule has 4 fully saturated rings. The molecule has 0 aromatic heterocycles. The number of aliphatic hydroxyl groups is 6. The Morgan fingerprint density at radius 2 is 1.55 bits per heavy atom. The van der Waals surface area contributed by atoms with Crippen molar-refractivity contribution in [3.63, 3.8) is 0 Å². The summed E-state index contributed by atoms with van der Waals surface area (Å²) < 4.78 is 35.7. The second kappa shape index (κ2) is 18.3. The predicted molar refractivity (Wildman–Crippen MR) is 175 cm³/mol. The highest BCUT2D eigenvalue weighted by Crippen LogP contribution is 2.34. The standard InChI is InChI=1S/C34H50ClNO15/c1-16-24(38)26(40)27(41)33(47-16)51-29-20(11-12-46-22(29)14-36-31(43)18-7-9-19(35)10-8-18)49-34-28(42)30(25(39)23(15-37)50-34)48-21(32(44)45)13-17-5-3-2-4-6-17/h7-10,16-17,20-30,33-34,37-42H,2-6,11-15H2,1H3,(H,36,43)(H,44,45)/t16-,20+,21-,22+,23+,24+,25-,26+,27-,28+,29-,30-,33-,34+/m0/s1. The van der Waals surface area contributed by atoms with Gasteiger partial charge >= 0.3 is 5.97 Å². The number of aliphatic carboxylic acids is 1. The summed E-state index contributed by atoms with van der Waals surface area (Å²) in [6, 6.07) is 6.19. The number of amides is 1. The summed E-state index contributed by atoms with van der Waals surface area (Å²) in [5.41, 5.74) is 0.318. The fourth-order valence-electron chi connectivity index (χ4n) is 7.14. The molecule has 3 saturated heterocycles. The number of hydrogen-bond donors (Lipinski definition) is 8. The molecule has 1 amide bonds. The lowest BCUT2D eigenvalue weighted by Gasteiger charge is -2.47. The molecule has 51 heavy (non-hydrogen) atoms. The van der Waals surface area contributed by atoms with Crippen LogP contribution < -0.4 is 5.32 Å². The summed E-state index contributed by atoms with van der Waals surface area (Å²) in [4.78, 5) is 25.2. The maximum Gasteiger partial charge on any atom is 0.332 e. The Labute approximate surface area is 300 Å². The largest absolute Gasteiger partial charge is 0.479 e. The first kappa shape index (κ1) is 40.2. The molecule has 0 unspecified atom stereocenters. The molecule has 5 rings (SSSR count). The van der Waals surface area contributed by atoms with Gasteiger partial charge in [-0.05, 0) is 49.9 Å². The molecular weight excluding hydrogens is 698 g/mol. The van der Waals surface area contributed by atoms with Gasteiger partial charge in [-0.3, -0.25) is 4.79 Å². The van der Waals surface area contributed by atoms with Gasteiger partial charge in [-0.25, -0.2) is 4.79 Å². The Morgan fingerprint density at radius 3 is 2.22 bits per heavy atom. The van der Waals surface area contributed by atoms with Gasteiger partial charge in [0.25, 0.3) is 5.91 Å². The van der Waals surface area contributed by atoms with E-state index in [1.54, 1.807) is 12.1 Å². The summed E-state index contributed by atoms with van der Waals surface area (Å²) in [5.74, 6) is -1.60. The van der Waals surface area contributed by atoms with Crippen molar-refractivity contribution in [2.24, 2.45) is 5.92 Å². The SMILES string of the molecule is C[C@@H]1O[C@@H](O[C@@H]2[C@@H](CNC(=O)c3ccc(Cl)cc3)OCC[C@H]2O[C@@H]2O[C@H](CO)[C@H](O)[C@H](O[C@@H](CC3CCCCC3)C(=O)O)[C@H]2O)[C@@H](O)[C@H](O)[C@@H]1O. The van der Waals surface area contributed by atoms with Crippen LogP contribution in [0.4, 0.5) is 0 Å². The summed E-state index contributed by atoms with van der Waals surface area (Å²) in [7, 11) is 0. The Bertz CT molecular complexity index is 1270. The van der Waals surface area contributed by atoms with Gasteiger partial charge in [0.2, 0.25) is 0 Å². The molecule has 17 heteroatoms. The van der Waals surface area contributed by atoms with Gasteiger partial charge in [-0.15, -0.1) is 0 Å². The zero-order valence-electron chi connectivity index (χ0n) is 28.3. The van der Waals surface area contributed by atoms with Crippen LogP contribution in [0.3, 0.4) is 0 Å². The van der Waals surface area contributed by atoms with Crippen molar-refractivity contribution in [3.8, 4) is 0 Å². The summed E-state index contributed by atoms with van der Waals surface area (Å²) in [6.45, 7) is 0.724. The molecule has 3 aliphatic heterocycles. The molecule has 8 N–H and O–H groups in total. The molecule has 0 spiro atoms. The highest BCUT2D eigenvalue weighted by Gasteiger charge is 2.51. The van der Waals surface area contributed by atoms with Gasteiger partial charge in [-0.1, -0.05) is 43.7 Å². The first-order chi connectivity index (χ1) is 24.4. The Kier molecular flexibility index (Phi) is 14.4. The molecule has 0 bridgehead atoms. The second-order valence-electron chi connectivity index (χ2n) is 13.7. The zero-order valence-corrected chi connectivity index (χ0v) is 29.1. The average Bonchev–Trinajstić information content (AvgIpc) is 3.12. The van der Waals surface area contributed by atoms with Crippen LogP contribution in [-0.2, 0) is 33.2 Å². The van der Waals surface area contributed by atoms with Crippen molar-refractivity contribution in [1.82, 2.24) is 5.32 Å². The number of benzene rings is 1. The van der Waals surface area contributed by atoms with Crippen LogP contribution in [-0.4, -0.2) is 153 Å². The van der Waals surface area contributed by atoms with Gasteiger partial charge in [-0.2, -0.15) is 0 Å². The number of halogens is 1. The van der Waals surface area contributed by atoms with E-state index >= 15 is 0 Å². The number of carboxylic acid groups (broad SMARTS) is 1. The minimum Gasteiger partial charge on any atom is -0.479 e. The molecule has 14 atom stereocenters. The number of rotatable bonds is 13. The Hall–Kier alpha value is -2.03. The highest BCUT2D eigenvalue weighted by atomic mass is 35.5. The van der Waals surface area contributed by atoms with Crippen LogP contribution in [0.1, 0.15) is 62.2 Å². The van der Waals surface area contributed by atoms with E-state index in [1.165, 1.54) is 19.1 Å². The minimum atomic E-state index is -1.73. The predicted octanol–water partition coefficient (Wildman–Crippen LogP) is -0.296. The molecular formula is C34H50ClNO15. The maximum absolute atomic E-state index is 12.9. The second-order valence-corrected chi connectivity index (χ2v) is 14.2. The first-order valence-corrected chi connectivity index (χ1v) is 17.9. The quantitative estimate of drug-likeness (QED) is 0.129. The fourth-order valence-corrected chi connectivity index (χ4v) is 7.26. The topological polar surface area (TPSA) is 243 Å². The van der Waals surface area contributed by atoms with Crippen LogP contribution in [0, 0.1) is 5.92 Å². The Balaban J connectivity index is 1.34. The van der Waals surface area contributed by atoms with E-state index in [2.05, 4.69) is 5.32 Å². The number of carboxylic acids is 1. The average molecular weight is 748 g/mol. The van der Waals surface area contributed by atoms with Crippen LogP contribution in [0.2, 0.25) is 5.02 Å². The van der Waals surface area contributed by atoms with Crippen molar-refractivity contribution in [2.75, 3.05) is 19.8 Å². The lowest BCUT2D eigenvalue weighted by atomic mass is 9.85. The Morgan fingerprint density at radius 1 is 0.863 bits per heavy atom.